The Labute approximate surface area is 125 Å². The Balaban J connectivity index is 1.95. The van der Waals surface area contributed by atoms with Gasteiger partial charge in [0.25, 0.3) is 0 Å². The quantitative estimate of drug-likeness (QED) is 0.730. The van der Waals surface area contributed by atoms with Crippen LogP contribution in [0.5, 0.6) is 0 Å². The topological polar surface area (TPSA) is 25.8 Å². The van der Waals surface area contributed by atoms with Crippen LogP contribution in [-0.2, 0) is 18.3 Å². The van der Waals surface area contributed by atoms with Crippen LogP contribution in [0, 0.1) is 0 Å². The molecule has 0 amide bonds. The Hall–Kier alpha value is -1.41. The first-order valence-electron chi connectivity index (χ1n) is 7.05. The summed E-state index contributed by atoms with van der Waals surface area (Å²) in [4.78, 5) is 9.24. The fourth-order valence-electron chi connectivity index (χ4n) is 2.74. The lowest BCUT2D eigenvalue weighted by Gasteiger charge is -2.19. The lowest BCUT2D eigenvalue weighted by atomic mass is 9.91. The van der Waals surface area contributed by atoms with Gasteiger partial charge in [-0.15, -0.1) is 0 Å². The van der Waals surface area contributed by atoms with Crippen molar-refractivity contribution in [3.63, 3.8) is 0 Å². The van der Waals surface area contributed by atoms with E-state index in [1.807, 2.05) is 6.07 Å². The highest BCUT2D eigenvalue weighted by Crippen LogP contribution is 2.33. The van der Waals surface area contributed by atoms with Crippen molar-refractivity contribution in [1.29, 1.82) is 0 Å². The van der Waals surface area contributed by atoms with Gasteiger partial charge in [-0.25, -0.2) is 9.97 Å². The van der Waals surface area contributed by atoms with Crippen LogP contribution >= 0.6 is 11.6 Å². The molecule has 0 unspecified atom stereocenters. The molecule has 1 aliphatic rings. The average Bonchev–Trinajstić information content (AvgIpc) is 2.80. The molecule has 1 aromatic carbocycles. The summed E-state index contributed by atoms with van der Waals surface area (Å²) < 4.78 is 0. The molecule has 0 atom stereocenters. The Kier molecular flexibility index (Phi) is 3.29. The van der Waals surface area contributed by atoms with E-state index in [2.05, 4.69) is 50.0 Å². The van der Waals surface area contributed by atoms with Crippen LogP contribution in [0.4, 0.5) is 0 Å². The predicted molar refractivity (Wildman–Crippen MR) is 82.3 cm³/mol. The fraction of sp³-hybridized carbons (Fsp3) is 0.412. The molecule has 0 N–H and O–H groups in total. The van der Waals surface area contributed by atoms with E-state index in [9.17, 15) is 0 Å². The molecule has 0 fully saturated rings. The van der Waals surface area contributed by atoms with Gasteiger partial charge in [0.15, 0.2) is 0 Å². The minimum absolute atomic E-state index is 0.00716. The summed E-state index contributed by atoms with van der Waals surface area (Å²) in [5, 5.41) is 0.552. The van der Waals surface area contributed by atoms with Gasteiger partial charge in [-0.1, -0.05) is 56.6 Å². The Bertz CT molecular complexity index is 619. The third-order valence-corrected chi connectivity index (χ3v) is 4.09. The lowest BCUT2D eigenvalue weighted by molar-refractivity contribution is 0.553. The van der Waals surface area contributed by atoms with Crippen molar-refractivity contribution in [3.8, 4) is 0 Å². The SMILES string of the molecule is CC(C)(C)c1cc(Cl)nc(C2Cc3ccccc3C2)n1. The summed E-state index contributed by atoms with van der Waals surface area (Å²) in [7, 11) is 0. The number of aromatic nitrogens is 2. The summed E-state index contributed by atoms with van der Waals surface area (Å²) in [5.41, 5.74) is 3.84. The number of halogens is 1. The normalized spacial score (nSPS) is 15.4. The van der Waals surface area contributed by atoms with Gasteiger partial charge in [0.2, 0.25) is 0 Å². The molecule has 1 aromatic heterocycles. The van der Waals surface area contributed by atoms with Gasteiger partial charge in [-0.05, 0) is 30.0 Å². The number of nitrogens with zero attached hydrogens (tertiary/aromatic N) is 2. The van der Waals surface area contributed by atoms with Gasteiger partial charge >= 0.3 is 0 Å². The molecule has 3 rings (SSSR count). The number of benzene rings is 1. The van der Waals surface area contributed by atoms with Gasteiger partial charge in [0.1, 0.15) is 11.0 Å². The number of fused-ring (bicyclic) bond motifs is 1. The molecule has 1 aliphatic carbocycles. The first-order chi connectivity index (χ1) is 9.43. The van der Waals surface area contributed by atoms with E-state index >= 15 is 0 Å². The minimum Gasteiger partial charge on any atom is -0.237 e. The maximum Gasteiger partial charge on any atom is 0.134 e. The Morgan fingerprint density at radius 1 is 1.05 bits per heavy atom. The first kappa shape index (κ1) is 13.6. The molecule has 104 valence electrons. The summed E-state index contributed by atoms with van der Waals surface area (Å²) in [6.07, 6.45) is 2.03. The van der Waals surface area contributed by atoms with Gasteiger partial charge in [0, 0.05) is 11.3 Å². The van der Waals surface area contributed by atoms with Crippen LogP contribution in [0.15, 0.2) is 30.3 Å². The van der Waals surface area contributed by atoms with E-state index < -0.39 is 0 Å². The van der Waals surface area contributed by atoms with Crippen molar-refractivity contribution in [2.75, 3.05) is 0 Å². The third-order valence-electron chi connectivity index (χ3n) is 3.90. The van der Waals surface area contributed by atoms with E-state index in [1.165, 1.54) is 11.1 Å². The summed E-state index contributed by atoms with van der Waals surface area (Å²) in [6.45, 7) is 6.45. The largest absolute Gasteiger partial charge is 0.237 e. The highest BCUT2D eigenvalue weighted by Gasteiger charge is 2.26. The van der Waals surface area contributed by atoms with Crippen LogP contribution < -0.4 is 0 Å². The van der Waals surface area contributed by atoms with Crippen molar-refractivity contribution in [2.24, 2.45) is 0 Å². The fourth-order valence-corrected chi connectivity index (χ4v) is 2.93. The zero-order valence-electron chi connectivity index (χ0n) is 12.2. The molecule has 20 heavy (non-hydrogen) atoms. The molecular weight excluding hydrogens is 268 g/mol. The molecule has 0 saturated heterocycles. The monoisotopic (exact) mass is 286 g/mol. The molecule has 0 spiro atoms. The highest BCUT2D eigenvalue weighted by molar-refractivity contribution is 6.29. The maximum absolute atomic E-state index is 6.19. The number of hydrogen-bond donors (Lipinski definition) is 0. The van der Waals surface area contributed by atoms with Crippen molar-refractivity contribution in [1.82, 2.24) is 9.97 Å². The van der Waals surface area contributed by atoms with Gasteiger partial charge in [-0.2, -0.15) is 0 Å². The molecular formula is C17H19ClN2. The summed E-state index contributed by atoms with van der Waals surface area (Å²) in [6, 6.07) is 10.5. The van der Waals surface area contributed by atoms with E-state index in [0.29, 0.717) is 11.1 Å². The zero-order valence-corrected chi connectivity index (χ0v) is 12.9. The second-order valence-corrected chi connectivity index (χ2v) is 6.95. The van der Waals surface area contributed by atoms with Crippen molar-refractivity contribution >= 4 is 11.6 Å². The van der Waals surface area contributed by atoms with Crippen molar-refractivity contribution in [3.05, 3.63) is 58.1 Å². The average molecular weight is 287 g/mol. The predicted octanol–water partition coefficient (Wildman–Crippen LogP) is 4.31. The number of rotatable bonds is 1. The second-order valence-electron chi connectivity index (χ2n) is 6.56. The van der Waals surface area contributed by atoms with E-state index in [1.54, 1.807) is 0 Å². The van der Waals surface area contributed by atoms with E-state index in [4.69, 9.17) is 16.6 Å². The third kappa shape index (κ3) is 2.57. The summed E-state index contributed by atoms with van der Waals surface area (Å²) >= 11 is 6.19. The first-order valence-corrected chi connectivity index (χ1v) is 7.43. The molecule has 0 bridgehead atoms. The molecule has 1 heterocycles. The smallest absolute Gasteiger partial charge is 0.134 e. The van der Waals surface area contributed by atoms with E-state index in [-0.39, 0.29) is 5.41 Å². The van der Waals surface area contributed by atoms with Crippen LogP contribution in [-0.4, -0.2) is 9.97 Å². The van der Waals surface area contributed by atoms with Gasteiger partial charge in [-0.3, -0.25) is 0 Å². The van der Waals surface area contributed by atoms with E-state index in [0.717, 1.165) is 24.4 Å². The van der Waals surface area contributed by atoms with Crippen molar-refractivity contribution in [2.45, 2.75) is 44.9 Å². The van der Waals surface area contributed by atoms with Crippen LogP contribution in [0.1, 0.15) is 49.3 Å². The Morgan fingerprint density at radius 3 is 2.20 bits per heavy atom. The molecule has 0 radical (unpaired) electrons. The molecule has 0 aliphatic heterocycles. The lowest BCUT2D eigenvalue weighted by Crippen LogP contribution is -2.17. The Morgan fingerprint density at radius 2 is 1.65 bits per heavy atom. The second kappa shape index (κ2) is 4.85. The standard InChI is InChI=1S/C17H19ClN2/c1-17(2,3)14-10-15(18)20-16(19-14)13-8-11-6-4-5-7-12(11)9-13/h4-7,10,13H,8-9H2,1-3H3. The van der Waals surface area contributed by atoms with Crippen LogP contribution in [0.3, 0.4) is 0 Å². The van der Waals surface area contributed by atoms with Gasteiger partial charge in [0.05, 0.1) is 5.69 Å². The van der Waals surface area contributed by atoms with Gasteiger partial charge < -0.3 is 0 Å². The maximum atomic E-state index is 6.19. The molecule has 2 nitrogen and oxygen atoms in total. The van der Waals surface area contributed by atoms with Crippen molar-refractivity contribution < 1.29 is 0 Å². The molecule has 2 aromatic rings. The molecule has 3 heteroatoms. The minimum atomic E-state index is -0.00716. The summed E-state index contributed by atoms with van der Waals surface area (Å²) in [5.74, 6) is 1.24. The molecule has 0 saturated carbocycles. The highest BCUT2D eigenvalue weighted by atomic mass is 35.5. The van der Waals surface area contributed by atoms with Crippen LogP contribution in [0.2, 0.25) is 5.15 Å². The zero-order chi connectivity index (χ0) is 14.3. The van der Waals surface area contributed by atoms with Crippen LogP contribution in [0.25, 0.3) is 0 Å². The number of hydrogen-bond acceptors (Lipinski definition) is 2.